The fourth-order valence-corrected chi connectivity index (χ4v) is 2.41. The molecule has 0 spiro atoms. The molecule has 104 valence electrons. The monoisotopic (exact) mass is 276 g/mol. The fourth-order valence-electron chi connectivity index (χ4n) is 2.41. The lowest BCUT2D eigenvalue weighted by Gasteiger charge is -2.21. The number of ether oxygens (including phenoxy) is 1. The van der Waals surface area contributed by atoms with Crippen molar-refractivity contribution >= 4 is 16.9 Å². The minimum absolute atomic E-state index is 0.0597. The van der Waals surface area contributed by atoms with E-state index in [1.807, 2.05) is 0 Å². The Balaban J connectivity index is 2.10. The third-order valence-electron chi connectivity index (χ3n) is 3.63. The number of nitrogen functional groups attached to an aromatic ring is 1. The molecule has 2 aromatic rings. The van der Waals surface area contributed by atoms with Gasteiger partial charge in [-0.3, -0.25) is 0 Å². The van der Waals surface area contributed by atoms with Crippen molar-refractivity contribution in [2.24, 2.45) is 0 Å². The second-order valence-electron chi connectivity index (χ2n) is 4.92. The standard InChI is InChI=1S/C13H13FN4O2/c1-3-13(2)8(19)4-9(20-13)18-5-7(14)10-11(15)16-6-17-12(10)18/h1,5-6,8-9,19H,4H2,2H3,(H2,15,16,17)/t8-,9+,13+/m0/s1. The molecule has 0 bridgehead atoms. The fraction of sp³-hybridized carbons (Fsp3) is 0.385. The summed E-state index contributed by atoms with van der Waals surface area (Å²) in [5.74, 6) is 1.94. The molecular weight excluding hydrogens is 263 g/mol. The normalized spacial score (nSPS) is 29.7. The quantitative estimate of drug-likeness (QED) is 0.753. The third-order valence-corrected chi connectivity index (χ3v) is 3.63. The molecule has 0 aliphatic carbocycles. The highest BCUT2D eigenvalue weighted by Gasteiger charge is 2.44. The Labute approximate surface area is 114 Å². The van der Waals surface area contributed by atoms with Crippen molar-refractivity contribution in [1.82, 2.24) is 14.5 Å². The van der Waals surface area contributed by atoms with Gasteiger partial charge >= 0.3 is 0 Å². The Morgan fingerprint density at radius 2 is 2.40 bits per heavy atom. The zero-order chi connectivity index (χ0) is 14.5. The van der Waals surface area contributed by atoms with E-state index in [1.54, 1.807) is 6.92 Å². The van der Waals surface area contributed by atoms with Crippen molar-refractivity contribution in [1.29, 1.82) is 0 Å². The summed E-state index contributed by atoms with van der Waals surface area (Å²) in [6.45, 7) is 1.61. The summed E-state index contributed by atoms with van der Waals surface area (Å²) in [6, 6.07) is 0. The predicted molar refractivity (Wildman–Crippen MR) is 69.9 cm³/mol. The zero-order valence-corrected chi connectivity index (χ0v) is 10.7. The molecule has 0 unspecified atom stereocenters. The van der Waals surface area contributed by atoms with Gasteiger partial charge in [0.1, 0.15) is 18.4 Å². The second kappa shape index (κ2) is 4.16. The van der Waals surface area contributed by atoms with Gasteiger partial charge in [0.15, 0.2) is 17.1 Å². The third kappa shape index (κ3) is 1.66. The van der Waals surface area contributed by atoms with E-state index in [0.717, 1.165) is 0 Å². The van der Waals surface area contributed by atoms with E-state index >= 15 is 0 Å². The summed E-state index contributed by atoms with van der Waals surface area (Å²) in [5, 5.41) is 10.1. The lowest BCUT2D eigenvalue weighted by atomic mass is 10.0. The van der Waals surface area contributed by atoms with Gasteiger partial charge in [0, 0.05) is 12.6 Å². The Morgan fingerprint density at radius 1 is 1.65 bits per heavy atom. The van der Waals surface area contributed by atoms with Gasteiger partial charge in [-0.05, 0) is 6.92 Å². The minimum atomic E-state index is -1.10. The number of aliphatic hydroxyl groups excluding tert-OH is 1. The van der Waals surface area contributed by atoms with Crippen LogP contribution in [-0.2, 0) is 4.74 Å². The number of anilines is 1. The number of aliphatic hydroxyl groups is 1. The molecule has 7 heteroatoms. The SMILES string of the molecule is C#C[C@@]1(C)O[C@@H](n2cc(F)c3c(N)ncnc32)C[C@@H]1O. The van der Waals surface area contributed by atoms with Gasteiger partial charge in [-0.25, -0.2) is 14.4 Å². The number of terminal acetylenes is 1. The molecule has 1 aliphatic heterocycles. The first-order chi connectivity index (χ1) is 9.46. The van der Waals surface area contributed by atoms with E-state index in [4.69, 9.17) is 16.9 Å². The van der Waals surface area contributed by atoms with E-state index < -0.39 is 23.8 Å². The van der Waals surface area contributed by atoms with Gasteiger partial charge in [-0.2, -0.15) is 0 Å². The van der Waals surface area contributed by atoms with Gasteiger partial charge in [0.05, 0.1) is 11.5 Å². The Kier molecular flexibility index (Phi) is 2.67. The van der Waals surface area contributed by atoms with Crippen LogP contribution in [0.1, 0.15) is 19.6 Å². The summed E-state index contributed by atoms with van der Waals surface area (Å²) in [4.78, 5) is 7.78. The first-order valence-electron chi connectivity index (χ1n) is 6.06. The first-order valence-corrected chi connectivity index (χ1v) is 6.06. The molecule has 3 N–H and O–H groups in total. The number of halogens is 1. The van der Waals surface area contributed by atoms with Gasteiger partial charge in [-0.1, -0.05) is 5.92 Å². The molecule has 2 aromatic heterocycles. The zero-order valence-electron chi connectivity index (χ0n) is 10.7. The van der Waals surface area contributed by atoms with Crippen LogP contribution in [0.2, 0.25) is 0 Å². The number of nitrogens with zero attached hydrogens (tertiary/aromatic N) is 3. The summed E-state index contributed by atoms with van der Waals surface area (Å²) < 4.78 is 21.1. The largest absolute Gasteiger partial charge is 0.389 e. The smallest absolute Gasteiger partial charge is 0.154 e. The Hall–Kier alpha value is -2.17. The topological polar surface area (TPSA) is 86.2 Å². The van der Waals surface area contributed by atoms with Crippen molar-refractivity contribution in [2.75, 3.05) is 5.73 Å². The lowest BCUT2D eigenvalue weighted by molar-refractivity contribution is -0.0513. The number of hydrogen-bond acceptors (Lipinski definition) is 5. The number of rotatable bonds is 1. The molecule has 3 heterocycles. The van der Waals surface area contributed by atoms with Crippen LogP contribution in [0.5, 0.6) is 0 Å². The van der Waals surface area contributed by atoms with Crippen molar-refractivity contribution < 1.29 is 14.2 Å². The summed E-state index contributed by atoms with van der Waals surface area (Å²) in [7, 11) is 0. The van der Waals surface area contributed by atoms with E-state index in [9.17, 15) is 9.50 Å². The van der Waals surface area contributed by atoms with Crippen LogP contribution < -0.4 is 5.73 Å². The number of aromatic nitrogens is 3. The van der Waals surface area contributed by atoms with Crippen LogP contribution in [-0.4, -0.2) is 31.3 Å². The number of nitrogens with two attached hydrogens (primary N) is 1. The number of fused-ring (bicyclic) bond motifs is 1. The van der Waals surface area contributed by atoms with E-state index in [-0.39, 0.29) is 17.6 Å². The highest BCUT2D eigenvalue weighted by Crippen LogP contribution is 2.38. The van der Waals surface area contributed by atoms with E-state index in [1.165, 1.54) is 17.1 Å². The summed E-state index contributed by atoms with van der Waals surface area (Å²) >= 11 is 0. The van der Waals surface area contributed by atoms with Gasteiger partial charge in [0.2, 0.25) is 0 Å². The summed E-state index contributed by atoms with van der Waals surface area (Å²) in [5.41, 5.74) is 4.86. The highest BCUT2D eigenvalue weighted by atomic mass is 19.1. The molecule has 0 radical (unpaired) electrons. The molecular formula is C13H13FN4O2. The van der Waals surface area contributed by atoms with Crippen LogP contribution in [0.3, 0.4) is 0 Å². The van der Waals surface area contributed by atoms with Crippen molar-refractivity contribution in [3.8, 4) is 12.3 Å². The molecule has 3 atom stereocenters. The van der Waals surface area contributed by atoms with E-state index in [2.05, 4.69) is 15.9 Å². The molecule has 1 aliphatic rings. The average molecular weight is 276 g/mol. The molecule has 3 rings (SSSR count). The number of hydrogen-bond donors (Lipinski definition) is 2. The maximum atomic E-state index is 14.0. The van der Waals surface area contributed by atoms with E-state index in [0.29, 0.717) is 5.65 Å². The average Bonchev–Trinajstić information content (AvgIpc) is 2.90. The van der Waals surface area contributed by atoms with Crippen LogP contribution in [0.15, 0.2) is 12.5 Å². The molecule has 0 amide bonds. The summed E-state index contributed by atoms with van der Waals surface area (Å²) in [6.07, 6.45) is 6.66. The maximum Gasteiger partial charge on any atom is 0.154 e. The van der Waals surface area contributed by atoms with Gasteiger partial charge in [-0.15, -0.1) is 6.42 Å². The maximum absolute atomic E-state index is 14.0. The minimum Gasteiger partial charge on any atom is -0.389 e. The first kappa shape index (κ1) is 12.8. The molecule has 6 nitrogen and oxygen atoms in total. The van der Waals surface area contributed by atoms with Crippen LogP contribution >= 0.6 is 0 Å². The lowest BCUT2D eigenvalue weighted by Crippen LogP contribution is -2.33. The Bertz CT molecular complexity index is 723. The molecule has 0 aromatic carbocycles. The Morgan fingerprint density at radius 3 is 3.05 bits per heavy atom. The van der Waals surface area contributed by atoms with Gasteiger partial charge in [0.25, 0.3) is 0 Å². The highest BCUT2D eigenvalue weighted by molar-refractivity contribution is 5.86. The molecule has 1 fully saturated rings. The molecule has 0 saturated carbocycles. The second-order valence-corrected chi connectivity index (χ2v) is 4.92. The van der Waals surface area contributed by atoms with Crippen molar-refractivity contribution in [3.05, 3.63) is 18.3 Å². The van der Waals surface area contributed by atoms with Crippen LogP contribution in [0, 0.1) is 18.2 Å². The van der Waals surface area contributed by atoms with Crippen LogP contribution in [0.4, 0.5) is 10.2 Å². The molecule has 20 heavy (non-hydrogen) atoms. The van der Waals surface area contributed by atoms with Gasteiger partial charge < -0.3 is 20.1 Å². The van der Waals surface area contributed by atoms with Crippen LogP contribution in [0.25, 0.3) is 11.0 Å². The van der Waals surface area contributed by atoms with Crippen molar-refractivity contribution in [3.63, 3.8) is 0 Å². The molecule has 1 saturated heterocycles. The predicted octanol–water partition coefficient (Wildman–Crippen LogP) is 0.824. The van der Waals surface area contributed by atoms with Crippen molar-refractivity contribution in [2.45, 2.75) is 31.3 Å².